The number of hydrogen-bond acceptors (Lipinski definition) is 4. The molecular weight excluding hydrogens is 427 g/mol. The molecule has 29 heavy (non-hydrogen) atoms. The normalized spacial score (nSPS) is 16.3. The lowest BCUT2D eigenvalue weighted by atomic mass is 10.1. The molecule has 4 rings (SSSR count). The molecule has 1 fully saturated rings. The van der Waals surface area contributed by atoms with Gasteiger partial charge < -0.3 is 4.90 Å². The van der Waals surface area contributed by atoms with Gasteiger partial charge in [0.2, 0.25) is 0 Å². The monoisotopic (exact) mass is 448 g/mol. The summed E-state index contributed by atoms with van der Waals surface area (Å²) in [6.45, 7) is 2.37. The maximum Gasteiger partial charge on any atom is 0.183 e. The van der Waals surface area contributed by atoms with Crippen LogP contribution in [0.4, 0.5) is 0 Å². The van der Waals surface area contributed by atoms with Crippen LogP contribution in [0, 0.1) is 0 Å². The number of benzene rings is 2. The molecule has 2 heterocycles. The standard InChI is InChI=1S/C22H22Cl2N2O2S/c23-18-7-6-16(20(24)15-18)8-12-26-13-9-19(10-14-26)29(27,28)21-5-1-3-17-4-2-11-25-22(17)21/h1-7,11,15,19H,8-10,12-14H2. The third kappa shape index (κ3) is 4.43. The van der Waals surface area contributed by atoms with E-state index in [-0.39, 0.29) is 5.25 Å². The van der Waals surface area contributed by atoms with Crippen LogP contribution in [0.5, 0.6) is 0 Å². The molecule has 1 aliphatic heterocycles. The SMILES string of the molecule is O=S(=O)(c1cccc2cccnc12)C1CCN(CCc2ccc(Cl)cc2Cl)CC1. The smallest absolute Gasteiger partial charge is 0.183 e. The van der Waals surface area contributed by atoms with Gasteiger partial charge >= 0.3 is 0 Å². The Morgan fingerprint density at radius 2 is 1.79 bits per heavy atom. The highest BCUT2D eigenvalue weighted by atomic mass is 35.5. The molecule has 2 aromatic carbocycles. The number of para-hydroxylation sites is 1. The number of likely N-dealkylation sites (tertiary alicyclic amines) is 1. The number of sulfone groups is 1. The van der Waals surface area contributed by atoms with Gasteiger partial charge in [-0.1, -0.05) is 47.5 Å². The lowest BCUT2D eigenvalue weighted by molar-refractivity contribution is 0.232. The van der Waals surface area contributed by atoms with Crippen LogP contribution in [0.1, 0.15) is 18.4 Å². The first kappa shape index (κ1) is 20.6. The molecule has 0 atom stereocenters. The molecule has 0 radical (unpaired) electrons. The van der Waals surface area contributed by atoms with E-state index in [2.05, 4.69) is 9.88 Å². The van der Waals surface area contributed by atoms with Crippen molar-refractivity contribution in [1.82, 2.24) is 9.88 Å². The van der Waals surface area contributed by atoms with Crippen molar-refractivity contribution in [2.75, 3.05) is 19.6 Å². The molecular formula is C22H22Cl2N2O2S. The van der Waals surface area contributed by atoms with Gasteiger partial charge in [-0.25, -0.2) is 8.42 Å². The number of rotatable bonds is 5. The van der Waals surface area contributed by atoms with E-state index in [0.29, 0.717) is 33.3 Å². The van der Waals surface area contributed by atoms with Gasteiger partial charge in [0.25, 0.3) is 0 Å². The van der Waals surface area contributed by atoms with E-state index in [1.807, 2.05) is 30.3 Å². The minimum absolute atomic E-state index is 0.349. The van der Waals surface area contributed by atoms with Crippen LogP contribution in [0.15, 0.2) is 59.6 Å². The lowest BCUT2D eigenvalue weighted by Gasteiger charge is -2.31. The molecule has 1 saturated heterocycles. The van der Waals surface area contributed by atoms with Gasteiger partial charge in [-0.3, -0.25) is 4.98 Å². The van der Waals surface area contributed by atoms with Crippen molar-refractivity contribution in [3.63, 3.8) is 0 Å². The summed E-state index contributed by atoms with van der Waals surface area (Å²) in [6, 6.07) is 14.6. The Bertz CT molecular complexity index is 1120. The van der Waals surface area contributed by atoms with Crippen LogP contribution in [0.3, 0.4) is 0 Å². The van der Waals surface area contributed by atoms with Crippen molar-refractivity contribution >= 4 is 43.9 Å². The Morgan fingerprint density at radius 1 is 1.03 bits per heavy atom. The zero-order valence-corrected chi connectivity index (χ0v) is 18.2. The molecule has 0 N–H and O–H groups in total. The van der Waals surface area contributed by atoms with E-state index < -0.39 is 9.84 Å². The largest absolute Gasteiger partial charge is 0.303 e. The molecule has 4 nitrogen and oxygen atoms in total. The Hall–Kier alpha value is -1.66. The molecule has 1 aliphatic rings. The molecule has 0 bridgehead atoms. The lowest BCUT2D eigenvalue weighted by Crippen LogP contribution is -2.40. The minimum Gasteiger partial charge on any atom is -0.303 e. The van der Waals surface area contributed by atoms with Gasteiger partial charge in [0.05, 0.1) is 15.7 Å². The Morgan fingerprint density at radius 3 is 2.55 bits per heavy atom. The molecule has 0 aliphatic carbocycles. The number of aromatic nitrogens is 1. The molecule has 7 heteroatoms. The maximum absolute atomic E-state index is 13.3. The van der Waals surface area contributed by atoms with Crippen molar-refractivity contribution in [1.29, 1.82) is 0 Å². The topological polar surface area (TPSA) is 50.3 Å². The van der Waals surface area contributed by atoms with E-state index >= 15 is 0 Å². The van der Waals surface area contributed by atoms with E-state index in [4.69, 9.17) is 23.2 Å². The summed E-state index contributed by atoms with van der Waals surface area (Å²) in [7, 11) is -3.42. The van der Waals surface area contributed by atoms with Crippen LogP contribution in [0.25, 0.3) is 10.9 Å². The van der Waals surface area contributed by atoms with Gasteiger partial charge in [0.15, 0.2) is 9.84 Å². The van der Waals surface area contributed by atoms with E-state index in [1.54, 1.807) is 24.4 Å². The number of pyridine rings is 1. The third-order valence-electron chi connectivity index (χ3n) is 5.59. The van der Waals surface area contributed by atoms with E-state index in [0.717, 1.165) is 37.0 Å². The molecule has 0 amide bonds. The summed E-state index contributed by atoms with van der Waals surface area (Å²) in [5, 5.41) is 1.79. The number of hydrogen-bond donors (Lipinski definition) is 0. The predicted octanol–water partition coefficient (Wildman–Crippen LogP) is 5.02. The first-order valence-corrected chi connectivity index (χ1v) is 12.0. The predicted molar refractivity (Wildman–Crippen MR) is 119 cm³/mol. The summed E-state index contributed by atoms with van der Waals surface area (Å²) in [4.78, 5) is 6.98. The van der Waals surface area contributed by atoms with Crippen molar-refractivity contribution in [3.05, 3.63) is 70.3 Å². The van der Waals surface area contributed by atoms with Gasteiger partial charge in [-0.2, -0.15) is 0 Å². The Kier molecular flexibility index (Phi) is 6.11. The van der Waals surface area contributed by atoms with Gasteiger partial charge in [-0.05, 0) is 62.2 Å². The number of nitrogens with zero attached hydrogens (tertiary/aromatic N) is 2. The molecule has 152 valence electrons. The van der Waals surface area contributed by atoms with Crippen molar-refractivity contribution in [2.24, 2.45) is 0 Å². The van der Waals surface area contributed by atoms with Crippen molar-refractivity contribution in [3.8, 4) is 0 Å². The fraction of sp³-hybridized carbons (Fsp3) is 0.318. The first-order valence-electron chi connectivity index (χ1n) is 9.69. The highest BCUT2D eigenvalue weighted by molar-refractivity contribution is 7.92. The summed E-state index contributed by atoms with van der Waals surface area (Å²) in [5.41, 5.74) is 1.63. The van der Waals surface area contributed by atoms with Gasteiger partial charge in [-0.15, -0.1) is 0 Å². The second-order valence-corrected chi connectivity index (χ2v) is 10.4. The maximum atomic E-state index is 13.3. The van der Waals surface area contributed by atoms with Crippen LogP contribution < -0.4 is 0 Å². The average Bonchev–Trinajstić information content (AvgIpc) is 2.73. The molecule has 0 unspecified atom stereocenters. The highest BCUT2D eigenvalue weighted by Crippen LogP contribution is 2.29. The Labute approximate surface area is 181 Å². The van der Waals surface area contributed by atoms with Crippen molar-refractivity contribution < 1.29 is 8.42 Å². The Balaban J connectivity index is 1.42. The van der Waals surface area contributed by atoms with Crippen molar-refractivity contribution in [2.45, 2.75) is 29.4 Å². The number of fused-ring (bicyclic) bond motifs is 1. The molecule has 1 aromatic heterocycles. The molecule has 0 saturated carbocycles. The number of piperidine rings is 1. The van der Waals surface area contributed by atoms with Crippen LogP contribution >= 0.6 is 23.2 Å². The second kappa shape index (κ2) is 8.60. The van der Waals surface area contributed by atoms with Crippen LogP contribution in [-0.2, 0) is 16.3 Å². The zero-order chi connectivity index (χ0) is 20.4. The summed E-state index contributed by atoms with van der Waals surface area (Å²) >= 11 is 12.2. The second-order valence-electron chi connectivity index (χ2n) is 7.40. The quantitative estimate of drug-likeness (QED) is 0.549. The molecule has 3 aromatic rings. The first-order chi connectivity index (χ1) is 13.9. The third-order valence-corrected chi connectivity index (χ3v) is 8.47. The fourth-order valence-electron chi connectivity index (χ4n) is 3.93. The number of halogens is 2. The summed E-state index contributed by atoms with van der Waals surface area (Å²) < 4.78 is 26.6. The zero-order valence-electron chi connectivity index (χ0n) is 15.9. The highest BCUT2D eigenvalue weighted by Gasteiger charge is 2.32. The van der Waals surface area contributed by atoms with Crippen LogP contribution in [-0.4, -0.2) is 43.2 Å². The molecule has 0 spiro atoms. The van der Waals surface area contributed by atoms with Crippen LogP contribution in [0.2, 0.25) is 10.0 Å². The minimum atomic E-state index is -3.42. The van der Waals surface area contributed by atoms with Gasteiger partial charge in [0, 0.05) is 28.2 Å². The summed E-state index contributed by atoms with van der Waals surface area (Å²) in [5.74, 6) is 0. The summed E-state index contributed by atoms with van der Waals surface area (Å²) in [6.07, 6.45) is 3.71. The average molecular weight is 449 g/mol. The van der Waals surface area contributed by atoms with Gasteiger partial charge in [0.1, 0.15) is 0 Å². The van der Waals surface area contributed by atoms with E-state index in [9.17, 15) is 8.42 Å². The fourth-order valence-corrected chi connectivity index (χ4v) is 6.33. The van der Waals surface area contributed by atoms with E-state index in [1.165, 1.54) is 0 Å².